The van der Waals surface area contributed by atoms with Gasteiger partial charge in [-0.1, -0.05) is 58.9 Å². The molecule has 0 aliphatic heterocycles. The van der Waals surface area contributed by atoms with Gasteiger partial charge in [0.25, 0.3) is 0 Å². The monoisotopic (exact) mass is 569 g/mol. The molecular formula is C28H26IrN-. The molecular weight excluding hydrogens is 543 g/mol. The summed E-state index contributed by atoms with van der Waals surface area (Å²) in [6, 6.07) is 25.4. The molecule has 1 aromatic heterocycles. The third-order valence-corrected chi connectivity index (χ3v) is 6.35. The minimum Gasteiger partial charge on any atom is -0.304 e. The molecule has 0 N–H and O–H groups in total. The molecule has 0 unspecified atom stereocenters. The molecule has 0 amide bonds. The van der Waals surface area contributed by atoms with E-state index in [4.69, 9.17) is 4.98 Å². The first-order valence-corrected chi connectivity index (χ1v) is 10.3. The van der Waals surface area contributed by atoms with Crippen LogP contribution in [-0.4, -0.2) is 4.98 Å². The van der Waals surface area contributed by atoms with E-state index in [0.29, 0.717) is 0 Å². The maximum Gasteiger partial charge on any atom is 0.0167 e. The third-order valence-electron chi connectivity index (χ3n) is 6.35. The topological polar surface area (TPSA) is 12.9 Å². The van der Waals surface area contributed by atoms with E-state index in [9.17, 15) is 0 Å². The molecule has 0 fully saturated rings. The number of nitrogens with zero attached hydrogens (tertiary/aromatic N) is 1. The van der Waals surface area contributed by atoms with Gasteiger partial charge in [0.05, 0.1) is 0 Å². The smallest absolute Gasteiger partial charge is 0.0167 e. The van der Waals surface area contributed by atoms with Crippen LogP contribution in [0.3, 0.4) is 0 Å². The van der Waals surface area contributed by atoms with Crippen molar-refractivity contribution in [2.45, 2.75) is 45.4 Å². The van der Waals surface area contributed by atoms with Crippen LogP contribution in [0.25, 0.3) is 33.2 Å². The van der Waals surface area contributed by atoms with Crippen LogP contribution in [0.15, 0.2) is 66.9 Å². The Morgan fingerprint density at radius 2 is 1.57 bits per heavy atom. The maximum absolute atomic E-state index is 4.86. The van der Waals surface area contributed by atoms with E-state index in [0.717, 1.165) is 11.3 Å². The molecule has 30 heavy (non-hydrogen) atoms. The van der Waals surface area contributed by atoms with Crippen LogP contribution >= 0.6 is 0 Å². The summed E-state index contributed by atoms with van der Waals surface area (Å²) in [7, 11) is 0. The summed E-state index contributed by atoms with van der Waals surface area (Å²) in [5, 5.41) is 2.58. The Kier molecular flexibility index (Phi) is 5.00. The predicted octanol–water partition coefficient (Wildman–Crippen LogP) is 7.30. The van der Waals surface area contributed by atoms with E-state index in [1.165, 1.54) is 38.6 Å². The number of aromatic nitrogens is 1. The van der Waals surface area contributed by atoms with Crippen LogP contribution in [0.1, 0.15) is 51.3 Å². The fraction of sp³-hybridized carbons (Fsp3) is 0.250. The summed E-state index contributed by atoms with van der Waals surface area (Å²) in [5.41, 5.74) is 8.76. The van der Waals surface area contributed by atoms with E-state index in [1.807, 2.05) is 12.3 Å². The van der Waals surface area contributed by atoms with Gasteiger partial charge < -0.3 is 4.98 Å². The summed E-state index contributed by atoms with van der Waals surface area (Å²) in [5.74, 6) is 0. The first-order valence-electron chi connectivity index (χ1n) is 10.3. The van der Waals surface area contributed by atoms with E-state index in [2.05, 4.69) is 95.3 Å². The minimum absolute atomic E-state index is 0. The van der Waals surface area contributed by atoms with Gasteiger partial charge >= 0.3 is 0 Å². The Morgan fingerprint density at radius 1 is 0.867 bits per heavy atom. The zero-order chi connectivity index (χ0) is 20.4. The Morgan fingerprint density at radius 3 is 2.27 bits per heavy atom. The van der Waals surface area contributed by atoms with Crippen molar-refractivity contribution in [3.8, 4) is 22.4 Å². The zero-order valence-electron chi connectivity index (χ0n) is 18.1. The first-order chi connectivity index (χ1) is 13.8. The van der Waals surface area contributed by atoms with Crippen molar-refractivity contribution in [2.75, 3.05) is 0 Å². The van der Waals surface area contributed by atoms with E-state index in [1.54, 1.807) is 0 Å². The van der Waals surface area contributed by atoms with Crippen LogP contribution in [0.5, 0.6) is 0 Å². The number of benzene rings is 3. The second kappa shape index (κ2) is 7.15. The fourth-order valence-corrected chi connectivity index (χ4v) is 4.71. The molecule has 0 atom stereocenters. The van der Waals surface area contributed by atoms with Gasteiger partial charge in [-0.2, -0.15) is 0 Å². The van der Waals surface area contributed by atoms with Gasteiger partial charge in [0.15, 0.2) is 0 Å². The van der Waals surface area contributed by atoms with Crippen molar-refractivity contribution in [2.24, 2.45) is 0 Å². The Bertz CT molecular complexity index is 1260. The van der Waals surface area contributed by atoms with Crippen molar-refractivity contribution >= 4 is 10.8 Å². The summed E-state index contributed by atoms with van der Waals surface area (Å²) < 4.78 is 0. The predicted molar refractivity (Wildman–Crippen MR) is 122 cm³/mol. The fourth-order valence-electron chi connectivity index (χ4n) is 4.71. The molecule has 2 heteroatoms. The molecule has 1 nitrogen and oxygen atoms in total. The standard InChI is InChI=1S/C28H26N.Ir/c1-27(2,3)21-12-8-11-20(15-21)26-25-22(13-14-29-26)23-16-18-9-6-7-10-19(18)17-24(23)28(25,4)5;/h6-10,12-17H,1-5H3;/q-1;. The van der Waals surface area contributed by atoms with Crippen LogP contribution in [0, 0.1) is 6.07 Å². The maximum atomic E-state index is 4.86. The van der Waals surface area contributed by atoms with Crippen LogP contribution in [0.4, 0.5) is 0 Å². The van der Waals surface area contributed by atoms with Gasteiger partial charge in [-0.25, -0.2) is 0 Å². The largest absolute Gasteiger partial charge is 0.304 e. The molecule has 1 heterocycles. The molecule has 4 aromatic rings. The third kappa shape index (κ3) is 3.14. The zero-order valence-corrected chi connectivity index (χ0v) is 20.5. The Labute approximate surface area is 192 Å². The molecule has 1 aliphatic carbocycles. The Balaban J connectivity index is 0.00000218. The molecule has 0 bridgehead atoms. The van der Waals surface area contributed by atoms with Crippen molar-refractivity contribution in [1.82, 2.24) is 4.98 Å². The summed E-state index contributed by atoms with van der Waals surface area (Å²) in [6.07, 6.45) is 1.95. The van der Waals surface area contributed by atoms with Crippen LogP contribution < -0.4 is 0 Å². The van der Waals surface area contributed by atoms with E-state index >= 15 is 0 Å². The van der Waals surface area contributed by atoms with Crippen LogP contribution in [0.2, 0.25) is 0 Å². The van der Waals surface area contributed by atoms with Gasteiger partial charge in [0, 0.05) is 31.7 Å². The average Bonchev–Trinajstić information content (AvgIpc) is 2.93. The molecule has 153 valence electrons. The van der Waals surface area contributed by atoms with Gasteiger partial charge in [-0.05, 0) is 62.3 Å². The number of hydrogen-bond donors (Lipinski definition) is 0. The van der Waals surface area contributed by atoms with Crippen LogP contribution in [-0.2, 0) is 30.9 Å². The first kappa shape index (κ1) is 21.0. The molecule has 0 spiro atoms. The van der Waals surface area contributed by atoms with E-state index < -0.39 is 0 Å². The SMILES string of the molecule is CC(C)(C)c1cc[c-]c(-c2nccc3c2C(C)(C)c2cc4ccccc4cc2-3)c1.[Ir]. The van der Waals surface area contributed by atoms with Crippen molar-refractivity contribution < 1.29 is 20.1 Å². The molecule has 0 saturated carbocycles. The number of fused-ring (bicyclic) bond motifs is 4. The van der Waals surface area contributed by atoms with Crippen molar-refractivity contribution in [3.05, 3.63) is 89.6 Å². The molecule has 1 aliphatic rings. The van der Waals surface area contributed by atoms with E-state index in [-0.39, 0.29) is 30.9 Å². The number of pyridine rings is 1. The molecule has 3 aromatic carbocycles. The number of hydrogen-bond acceptors (Lipinski definition) is 1. The van der Waals surface area contributed by atoms with Gasteiger partial charge in [-0.15, -0.1) is 35.4 Å². The van der Waals surface area contributed by atoms with Gasteiger partial charge in [0.2, 0.25) is 0 Å². The summed E-state index contributed by atoms with van der Waals surface area (Å²) in [4.78, 5) is 4.86. The molecule has 5 rings (SSSR count). The normalized spacial score (nSPS) is 14.2. The second-order valence-corrected chi connectivity index (χ2v) is 9.69. The Hall–Kier alpha value is -2.28. The molecule has 0 saturated heterocycles. The van der Waals surface area contributed by atoms with Gasteiger partial charge in [0.1, 0.15) is 0 Å². The number of rotatable bonds is 1. The average molecular weight is 569 g/mol. The van der Waals surface area contributed by atoms with Gasteiger partial charge in [-0.3, -0.25) is 0 Å². The quantitative estimate of drug-likeness (QED) is 0.220. The minimum atomic E-state index is -0.107. The second-order valence-electron chi connectivity index (χ2n) is 9.69. The summed E-state index contributed by atoms with van der Waals surface area (Å²) in [6.45, 7) is 11.4. The summed E-state index contributed by atoms with van der Waals surface area (Å²) >= 11 is 0. The molecule has 1 radical (unpaired) electrons. The van der Waals surface area contributed by atoms with Crippen molar-refractivity contribution in [3.63, 3.8) is 0 Å². The van der Waals surface area contributed by atoms with Crippen molar-refractivity contribution in [1.29, 1.82) is 0 Å².